The number of nitrogens with one attached hydrogen (secondary N) is 2. The number of para-hydroxylation sites is 1. The summed E-state index contributed by atoms with van der Waals surface area (Å²) in [5.74, 6) is 1.70. The Bertz CT molecular complexity index is 1150. The molecule has 3 aromatic rings. The zero-order chi connectivity index (χ0) is 23.8. The van der Waals surface area contributed by atoms with Gasteiger partial charge in [0.05, 0.1) is 6.61 Å². The standard InChI is InChI=1S/C25H24N2O7/c1-2-30-22-14-17(8-10-20(22)32-13-12-31-19-6-4-3-5-7-19)24(28)26-27-25(29)18-9-11-21-23(15-18)34-16-33-21/h3-11,14-15H,2,12-13,16H2,1H3,(H,26,28)(H,27,29). The molecule has 0 atom stereocenters. The molecule has 2 amide bonds. The molecule has 4 rings (SSSR count). The van der Waals surface area contributed by atoms with E-state index in [4.69, 9.17) is 23.7 Å². The summed E-state index contributed by atoms with van der Waals surface area (Å²) in [7, 11) is 0. The second-order valence-corrected chi connectivity index (χ2v) is 7.08. The van der Waals surface area contributed by atoms with Gasteiger partial charge in [0.25, 0.3) is 11.8 Å². The highest BCUT2D eigenvalue weighted by molar-refractivity contribution is 5.99. The smallest absolute Gasteiger partial charge is 0.269 e. The van der Waals surface area contributed by atoms with Crippen LogP contribution in [0.25, 0.3) is 0 Å². The molecular weight excluding hydrogens is 440 g/mol. The van der Waals surface area contributed by atoms with Gasteiger partial charge in [-0.15, -0.1) is 0 Å². The van der Waals surface area contributed by atoms with Crippen molar-refractivity contribution >= 4 is 11.8 Å². The summed E-state index contributed by atoms with van der Waals surface area (Å²) >= 11 is 0. The molecule has 34 heavy (non-hydrogen) atoms. The minimum Gasteiger partial charge on any atom is -0.490 e. The third kappa shape index (κ3) is 5.69. The van der Waals surface area contributed by atoms with Crippen LogP contribution in [0.2, 0.25) is 0 Å². The van der Waals surface area contributed by atoms with Crippen molar-refractivity contribution in [2.45, 2.75) is 6.92 Å². The largest absolute Gasteiger partial charge is 0.490 e. The first-order chi connectivity index (χ1) is 16.6. The van der Waals surface area contributed by atoms with E-state index in [-0.39, 0.29) is 6.79 Å². The number of carbonyl (C=O) groups is 2. The summed E-state index contributed by atoms with van der Waals surface area (Å²) in [5, 5.41) is 0. The molecule has 0 saturated carbocycles. The Kier molecular flexibility index (Phi) is 7.34. The molecular formula is C25H24N2O7. The van der Waals surface area contributed by atoms with Crippen molar-refractivity contribution in [1.29, 1.82) is 0 Å². The van der Waals surface area contributed by atoms with Crippen molar-refractivity contribution in [3.63, 3.8) is 0 Å². The number of rotatable bonds is 9. The lowest BCUT2D eigenvalue weighted by Gasteiger charge is -2.14. The molecule has 1 heterocycles. The first kappa shape index (κ1) is 22.8. The minimum atomic E-state index is -0.506. The average molecular weight is 464 g/mol. The summed E-state index contributed by atoms with van der Waals surface area (Å²) in [6.45, 7) is 2.98. The van der Waals surface area contributed by atoms with Crippen molar-refractivity contribution in [2.75, 3.05) is 26.6 Å². The fourth-order valence-corrected chi connectivity index (χ4v) is 3.16. The molecule has 0 saturated heterocycles. The number of fused-ring (bicyclic) bond motifs is 1. The predicted molar refractivity (Wildman–Crippen MR) is 123 cm³/mol. The van der Waals surface area contributed by atoms with Gasteiger partial charge in [0, 0.05) is 11.1 Å². The molecule has 0 aliphatic carbocycles. The number of hydrogen-bond acceptors (Lipinski definition) is 7. The maximum atomic E-state index is 12.6. The van der Waals surface area contributed by atoms with Crippen LogP contribution in [0.4, 0.5) is 0 Å². The SMILES string of the molecule is CCOc1cc(C(=O)NNC(=O)c2ccc3c(c2)OCO3)ccc1OCCOc1ccccc1. The number of hydrogen-bond donors (Lipinski definition) is 2. The van der Waals surface area contributed by atoms with Gasteiger partial charge in [-0.25, -0.2) is 0 Å². The molecule has 9 nitrogen and oxygen atoms in total. The summed E-state index contributed by atoms with van der Waals surface area (Å²) < 4.78 is 27.5. The molecule has 3 aromatic carbocycles. The van der Waals surface area contributed by atoms with Gasteiger partial charge in [-0.2, -0.15) is 0 Å². The van der Waals surface area contributed by atoms with E-state index in [9.17, 15) is 9.59 Å². The Labute approximate surface area is 196 Å². The van der Waals surface area contributed by atoms with Gasteiger partial charge in [0.2, 0.25) is 6.79 Å². The Hall–Kier alpha value is -4.40. The maximum absolute atomic E-state index is 12.6. The highest BCUT2D eigenvalue weighted by Gasteiger charge is 2.17. The van der Waals surface area contributed by atoms with Crippen LogP contribution in [-0.2, 0) is 0 Å². The van der Waals surface area contributed by atoms with E-state index < -0.39 is 11.8 Å². The van der Waals surface area contributed by atoms with E-state index in [0.29, 0.717) is 53.9 Å². The molecule has 2 N–H and O–H groups in total. The quantitative estimate of drug-likeness (QED) is 0.370. The Morgan fingerprint density at radius 2 is 1.44 bits per heavy atom. The summed E-state index contributed by atoms with van der Waals surface area (Å²) in [6, 6.07) is 19.0. The first-order valence-electron chi connectivity index (χ1n) is 10.7. The van der Waals surface area contributed by atoms with Gasteiger partial charge in [-0.05, 0) is 55.5 Å². The molecule has 0 bridgehead atoms. The van der Waals surface area contributed by atoms with Gasteiger partial charge in [0.15, 0.2) is 23.0 Å². The van der Waals surface area contributed by atoms with Crippen LogP contribution in [0, 0.1) is 0 Å². The van der Waals surface area contributed by atoms with E-state index in [2.05, 4.69) is 10.9 Å². The summed E-state index contributed by atoms with van der Waals surface area (Å²) in [4.78, 5) is 24.9. The van der Waals surface area contributed by atoms with Gasteiger partial charge >= 0.3 is 0 Å². The van der Waals surface area contributed by atoms with Crippen LogP contribution in [-0.4, -0.2) is 38.4 Å². The van der Waals surface area contributed by atoms with Crippen LogP contribution in [0.1, 0.15) is 27.6 Å². The number of benzene rings is 3. The van der Waals surface area contributed by atoms with Crippen LogP contribution in [0.5, 0.6) is 28.7 Å². The van der Waals surface area contributed by atoms with E-state index in [1.165, 1.54) is 0 Å². The second kappa shape index (κ2) is 11.0. The lowest BCUT2D eigenvalue weighted by molar-refractivity contribution is 0.0846. The molecule has 0 radical (unpaired) electrons. The fourth-order valence-electron chi connectivity index (χ4n) is 3.16. The van der Waals surface area contributed by atoms with E-state index in [0.717, 1.165) is 5.75 Å². The van der Waals surface area contributed by atoms with Crippen LogP contribution >= 0.6 is 0 Å². The number of carbonyl (C=O) groups excluding carboxylic acids is 2. The normalized spacial score (nSPS) is 11.4. The fraction of sp³-hybridized carbons (Fsp3) is 0.200. The molecule has 0 fully saturated rings. The lowest BCUT2D eigenvalue weighted by Crippen LogP contribution is -2.41. The predicted octanol–water partition coefficient (Wildman–Crippen LogP) is 3.35. The average Bonchev–Trinajstić information content (AvgIpc) is 3.34. The zero-order valence-electron chi connectivity index (χ0n) is 18.5. The zero-order valence-corrected chi connectivity index (χ0v) is 18.5. The monoisotopic (exact) mass is 464 g/mol. The lowest BCUT2D eigenvalue weighted by atomic mass is 10.2. The van der Waals surface area contributed by atoms with E-state index in [1.807, 2.05) is 37.3 Å². The van der Waals surface area contributed by atoms with Crippen LogP contribution in [0.3, 0.4) is 0 Å². The van der Waals surface area contributed by atoms with Crippen LogP contribution < -0.4 is 34.5 Å². The third-order valence-corrected chi connectivity index (χ3v) is 4.78. The molecule has 1 aliphatic heterocycles. The highest BCUT2D eigenvalue weighted by atomic mass is 16.7. The second-order valence-electron chi connectivity index (χ2n) is 7.08. The van der Waals surface area contributed by atoms with Crippen molar-refractivity contribution in [3.8, 4) is 28.7 Å². The molecule has 0 unspecified atom stereocenters. The van der Waals surface area contributed by atoms with Gasteiger partial charge in [-0.1, -0.05) is 18.2 Å². The Morgan fingerprint density at radius 3 is 2.21 bits per heavy atom. The van der Waals surface area contributed by atoms with Crippen LogP contribution in [0.15, 0.2) is 66.7 Å². The highest BCUT2D eigenvalue weighted by Crippen LogP contribution is 2.32. The van der Waals surface area contributed by atoms with E-state index in [1.54, 1.807) is 36.4 Å². The van der Waals surface area contributed by atoms with Crippen molar-refractivity contribution in [1.82, 2.24) is 10.9 Å². The van der Waals surface area contributed by atoms with Gasteiger partial charge in [0.1, 0.15) is 19.0 Å². The Balaban J connectivity index is 1.32. The number of amides is 2. The molecule has 9 heteroatoms. The van der Waals surface area contributed by atoms with Gasteiger partial charge in [-0.3, -0.25) is 20.4 Å². The topological polar surface area (TPSA) is 104 Å². The van der Waals surface area contributed by atoms with E-state index >= 15 is 0 Å². The number of ether oxygens (including phenoxy) is 5. The first-order valence-corrected chi connectivity index (χ1v) is 10.7. The summed E-state index contributed by atoms with van der Waals surface area (Å²) in [6.07, 6.45) is 0. The minimum absolute atomic E-state index is 0.110. The van der Waals surface area contributed by atoms with Crippen molar-refractivity contribution in [3.05, 3.63) is 77.9 Å². The summed E-state index contributed by atoms with van der Waals surface area (Å²) in [5.41, 5.74) is 5.40. The number of hydrazine groups is 1. The maximum Gasteiger partial charge on any atom is 0.269 e. The molecule has 176 valence electrons. The third-order valence-electron chi connectivity index (χ3n) is 4.78. The molecule has 0 aromatic heterocycles. The van der Waals surface area contributed by atoms with Crippen molar-refractivity contribution < 1.29 is 33.3 Å². The van der Waals surface area contributed by atoms with Gasteiger partial charge < -0.3 is 23.7 Å². The Morgan fingerprint density at radius 1 is 0.765 bits per heavy atom. The van der Waals surface area contributed by atoms with Crippen molar-refractivity contribution in [2.24, 2.45) is 0 Å². The molecule has 0 spiro atoms. The molecule has 1 aliphatic rings.